The molecule has 0 aromatic heterocycles. The molecule has 0 fully saturated rings. The van der Waals surface area contributed by atoms with Gasteiger partial charge in [0.25, 0.3) is 5.91 Å². The second-order valence-electron chi connectivity index (χ2n) is 9.26. The Hall–Kier alpha value is -2.34. The van der Waals surface area contributed by atoms with Crippen molar-refractivity contribution in [2.24, 2.45) is 5.92 Å². The van der Waals surface area contributed by atoms with Gasteiger partial charge in [-0.05, 0) is 54.0 Å². The van der Waals surface area contributed by atoms with Gasteiger partial charge in [0.05, 0.1) is 18.5 Å². The van der Waals surface area contributed by atoms with Crippen LogP contribution < -0.4 is 9.62 Å². The number of nitrogens with one attached hydrogen (secondary N) is 1. The van der Waals surface area contributed by atoms with E-state index in [4.69, 9.17) is 0 Å². The molecule has 0 saturated heterocycles. The molecule has 0 unspecified atom stereocenters. The van der Waals surface area contributed by atoms with Crippen LogP contribution in [0.25, 0.3) is 0 Å². The lowest BCUT2D eigenvalue weighted by Crippen LogP contribution is -2.31. The maximum atomic E-state index is 12.8. The normalized spacial score (nSPS) is 12.6. The third kappa shape index (κ3) is 7.60. The van der Waals surface area contributed by atoms with Crippen LogP contribution in [0.5, 0.6) is 0 Å². The number of benzene rings is 2. The van der Waals surface area contributed by atoms with Crippen LogP contribution in [0, 0.1) is 12.8 Å². The van der Waals surface area contributed by atoms with E-state index in [9.17, 15) is 13.2 Å². The molecular formula is C27H40N2O3S. The molecule has 0 spiro atoms. The van der Waals surface area contributed by atoms with Gasteiger partial charge in [-0.15, -0.1) is 0 Å². The Bertz CT molecular complexity index is 1010. The van der Waals surface area contributed by atoms with E-state index in [1.54, 1.807) is 12.1 Å². The third-order valence-electron chi connectivity index (χ3n) is 6.18. The fourth-order valence-electron chi connectivity index (χ4n) is 4.06. The van der Waals surface area contributed by atoms with E-state index >= 15 is 0 Å². The second-order valence-corrected chi connectivity index (χ2v) is 11.2. The van der Waals surface area contributed by atoms with Crippen LogP contribution in [0.3, 0.4) is 0 Å². The van der Waals surface area contributed by atoms with Gasteiger partial charge in [-0.25, -0.2) is 8.42 Å². The van der Waals surface area contributed by atoms with Gasteiger partial charge in [-0.1, -0.05) is 77.3 Å². The molecule has 6 heteroatoms. The van der Waals surface area contributed by atoms with Gasteiger partial charge in [0.15, 0.2) is 0 Å². The second kappa shape index (κ2) is 12.2. The van der Waals surface area contributed by atoms with Crippen LogP contribution in [-0.4, -0.2) is 27.1 Å². The third-order valence-corrected chi connectivity index (χ3v) is 7.29. The molecule has 1 amide bonds. The average molecular weight is 473 g/mol. The van der Waals surface area contributed by atoms with Crippen molar-refractivity contribution in [2.45, 2.75) is 72.8 Å². The summed E-state index contributed by atoms with van der Waals surface area (Å²) in [7, 11) is -3.50. The quantitative estimate of drug-likeness (QED) is 0.410. The topological polar surface area (TPSA) is 66.5 Å². The van der Waals surface area contributed by atoms with Crippen LogP contribution in [-0.2, 0) is 16.6 Å². The Balaban J connectivity index is 2.19. The van der Waals surface area contributed by atoms with Crippen molar-refractivity contribution in [3.63, 3.8) is 0 Å². The summed E-state index contributed by atoms with van der Waals surface area (Å²) >= 11 is 0. The maximum Gasteiger partial charge on any atom is 0.251 e. The van der Waals surface area contributed by atoms with Crippen LogP contribution in [0.15, 0.2) is 42.5 Å². The molecule has 0 aliphatic heterocycles. The van der Waals surface area contributed by atoms with Crippen LogP contribution in [0.1, 0.15) is 86.3 Å². The first-order valence-electron chi connectivity index (χ1n) is 12.0. The highest BCUT2D eigenvalue weighted by Crippen LogP contribution is 2.33. The first-order chi connectivity index (χ1) is 15.6. The van der Waals surface area contributed by atoms with Crippen molar-refractivity contribution in [3.05, 3.63) is 64.7 Å². The molecular weight excluding hydrogens is 432 g/mol. The molecule has 0 bridgehead atoms. The minimum Gasteiger partial charge on any atom is -0.352 e. The number of unbranched alkanes of at least 4 members (excludes halogenated alkanes) is 1. The Morgan fingerprint density at radius 3 is 2.27 bits per heavy atom. The van der Waals surface area contributed by atoms with E-state index in [0.717, 1.165) is 41.6 Å². The molecule has 2 rings (SSSR count). The summed E-state index contributed by atoms with van der Waals surface area (Å²) in [5.74, 6) is 0.609. The number of nitrogens with zero attached hydrogens (tertiary/aromatic N) is 1. The van der Waals surface area contributed by atoms with Crippen LogP contribution >= 0.6 is 0 Å². The number of carbonyl (C=O) groups is 1. The lowest BCUT2D eigenvalue weighted by Gasteiger charge is -2.28. The number of rotatable bonds is 12. The maximum absolute atomic E-state index is 12.8. The Morgan fingerprint density at radius 2 is 1.73 bits per heavy atom. The molecule has 33 heavy (non-hydrogen) atoms. The fraction of sp³-hybridized carbons (Fsp3) is 0.519. The first kappa shape index (κ1) is 26.9. The zero-order valence-corrected chi connectivity index (χ0v) is 21.8. The first-order valence-corrected chi connectivity index (χ1v) is 13.9. The summed E-state index contributed by atoms with van der Waals surface area (Å²) in [6.07, 6.45) is 5.77. The summed E-state index contributed by atoms with van der Waals surface area (Å²) in [5.41, 5.74) is 4.11. The number of amides is 1. The minimum atomic E-state index is -3.50. The lowest BCUT2D eigenvalue weighted by molar-refractivity contribution is 0.0946. The smallest absolute Gasteiger partial charge is 0.251 e. The number of sulfonamides is 1. The molecule has 182 valence electrons. The molecule has 5 nitrogen and oxygen atoms in total. The highest BCUT2D eigenvalue weighted by atomic mass is 32.2. The Kier molecular flexibility index (Phi) is 9.96. The Morgan fingerprint density at radius 1 is 1.06 bits per heavy atom. The molecule has 0 radical (unpaired) electrons. The summed E-state index contributed by atoms with van der Waals surface area (Å²) in [4.78, 5) is 12.6. The van der Waals surface area contributed by atoms with Gasteiger partial charge in [0, 0.05) is 12.1 Å². The summed E-state index contributed by atoms with van der Waals surface area (Å²) in [5, 5.41) is 3.05. The predicted octanol–water partition coefficient (Wildman–Crippen LogP) is 6.03. The minimum absolute atomic E-state index is 0.0857. The van der Waals surface area contributed by atoms with Gasteiger partial charge in [-0.2, -0.15) is 0 Å². The SMILES string of the molecule is CCCC[C@H](CC)CNC(=O)c1ccc(CN(c2c(C)cccc2C(C)C)S(C)(=O)=O)cc1. The number of para-hydroxylation sites is 1. The van der Waals surface area contributed by atoms with E-state index in [1.165, 1.54) is 17.0 Å². The van der Waals surface area contributed by atoms with E-state index in [-0.39, 0.29) is 18.4 Å². The molecule has 1 N–H and O–H groups in total. The molecule has 1 atom stereocenters. The van der Waals surface area contributed by atoms with E-state index < -0.39 is 10.0 Å². The van der Waals surface area contributed by atoms with Crippen molar-refractivity contribution < 1.29 is 13.2 Å². The van der Waals surface area contributed by atoms with E-state index in [2.05, 4.69) is 33.0 Å². The van der Waals surface area contributed by atoms with Crippen LogP contribution in [0.2, 0.25) is 0 Å². The highest BCUT2D eigenvalue weighted by molar-refractivity contribution is 7.92. The van der Waals surface area contributed by atoms with Gasteiger partial charge in [0.1, 0.15) is 0 Å². The summed E-state index contributed by atoms with van der Waals surface area (Å²) in [6.45, 7) is 11.3. The van der Waals surface area contributed by atoms with E-state index in [0.29, 0.717) is 18.0 Å². The van der Waals surface area contributed by atoms with Gasteiger partial charge < -0.3 is 5.32 Å². The van der Waals surface area contributed by atoms with Crippen molar-refractivity contribution in [3.8, 4) is 0 Å². The van der Waals surface area contributed by atoms with Crippen LogP contribution in [0.4, 0.5) is 5.69 Å². The van der Waals surface area contributed by atoms with Crippen molar-refractivity contribution >= 4 is 21.6 Å². The standard InChI is InChI=1S/C27H40N2O3S/c1-7-9-12-22(8-2)18-28-27(30)24-16-14-23(15-17-24)19-29(33(6,31)32)26-21(5)11-10-13-25(26)20(3)4/h10-11,13-17,20,22H,7-9,12,18-19H2,1-6H3,(H,28,30)/t22-/m0/s1. The van der Waals surface area contributed by atoms with E-state index in [1.807, 2.05) is 37.3 Å². The largest absolute Gasteiger partial charge is 0.352 e. The molecule has 0 heterocycles. The zero-order chi connectivity index (χ0) is 24.6. The summed E-state index contributed by atoms with van der Waals surface area (Å²) in [6, 6.07) is 13.1. The molecule has 0 aliphatic rings. The van der Waals surface area contributed by atoms with Gasteiger partial charge >= 0.3 is 0 Å². The molecule has 2 aromatic rings. The fourth-order valence-corrected chi connectivity index (χ4v) is 5.02. The highest BCUT2D eigenvalue weighted by Gasteiger charge is 2.23. The average Bonchev–Trinajstić information content (AvgIpc) is 2.77. The molecule has 0 aliphatic carbocycles. The number of hydrogen-bond acceptors (Lipinski definition) is 3. The van der Waals surface area contributed by atoms with Crippen molar-refractivity contribution in [2.75, 3.05) is 17.1 Å². The molecule has 2 aromatic carbocycles. The monoisotopic (exact) mass is 472 g/mol. The number of carbonyl (C=O) groups excluding carboxylic acids is 1. The van der Waals surface area contributed by atoms with Crippen molar-refractivity contribution in [1.82, 2.24) is 5.32 Å². The number of anilines is 1. The van der Waals surface area contributed by atoms with Gasteiger partial charge in [0.2, 0.25) is 10.0 Å². The van der Waals surface area contributed by atoms with Crippen molar-refractivity contribution in [1.29, 1.82) is 0 Å². The lowest BCUT2D eigenvalue weighted by atomic mass is 9.98. The molecule has 0 saturated carbocycles. The Labute approximate surface area is 200 Å². The number of aryl methyl sites for hydroxylation is 1. The number of hydrogen-bond donors (Lipinski definition) is 1. The van der Waals surface area contributed by atoms with Gasteiger partial charge in [-0.3, -0.25) is 9.10 Å². The predicted molar refractivity (Wildman–Crippen MR) is 138 cm³/mol. The zero-order valence-electron chi connectivity index (χ0n) is 21.0. The summed E-state index contributed by atoms with van der Waals surface area (Å²) < 4.78 is 27.0.